The fourth-order valence-electron chi connectivity index (χ4n) is 3.36. The Morgan fingerprint density at radius 3 is 2.24 bits per heavy atom. The Labute approximate surface area is 146 Å². The molecule has 5 heteroatoms. The molecular weight excluding hydrogens is 334 g/mol. The summed E-state index contributed by atoms with van der Waals surface area (Å²) in [5, 5.41) is 0. The van der Waals surface area contributed by atoms with E-state index in [0.717, 1.165) is 28.1 Å². The minimum absolute atomic E-state index is 0.149. The van der Waals surface area contributed by atoms with Gasteiger partial charge in [-0.05, 0) is 29.3 Å². The van der Waals surface area contributed by atoms with Gasteiger partial charge in [-0.25, -0.2) is 8.42 Å². The normalized spacial score (nSPS) is 13.9. The van der Waals surface area contributed by atoms with Crippen molar-refractivity contribution in [3.8, 4) is 22.4 Å². The fraction of sp³-hybridized carbons (Fsp3) is 0.150. The maximum atomic E-state index is 12.2. The third kappa shape index (κ3) is 2.70. The number of fused-ring (bicyclic) bond motifs is 1. The summed E-state index contributed by atoms with van der Waals surface area (Å²) < 4.78 is 25.4. The van der Waals surface area contributed by atoms with Crippen LogP contribution in [-0.2, 0) is 16.4 Å². The van der Waals surface area contributed by atoms with Crippen LogP contribution < -0.4 is 0 Å². The van der Waals surface area contributed by atoms with Gasteiger partial charge in [0.2, 0.25) is 0 Å². The third-order valence-electron chi connectivity index (χ3n) is 4.59. The van der Waals surface area contributed by atoms with Gasteiger partial charge in [0, 0.05) is 24.8 Å². The first-order valence-electron chi connectivity index (χ1n) is 8.08. The fourth-order valence-corrected chi connectivity index (χ4v) is 3.99. The largest absolute Gasteiger partial charge is 0.337 e. The number of hydrogen-bond donors (Lipinski definition) is 0. The first kappa shape index (κ1) is 15.8. The molecule has 3 aromatic rings. The minimum Gasteiger partial charge on any atom is -0.337 e. The maximum absolute atomic E-state index is 12.2. The second-order valence-corrected chi connectivity index (χ2v) is 8.29. The van der Waals surface area contributed by atoms with E-state index in [0.29, 0.717) is 17.9 Å². The molecule has 0 saturated carbocycles. The van der Waals surface area contributed by atoms with Crippen LogP contribution in [0.5, 0.6) is 0 Å². The summed E-state index contributed by atoms with van der Waals surface area (Å²) in [4.78, 5) is 12.5. The molecule has 4 nitrogen and oxygen atoms in total. The predicted octanol–water partition coefficient (Wildman–Crippen LogP) is 3.81. The van der Waals surface area contributed by atoms with Crippen molar-refractivity contribution in [1.29, 1.82) is 0 Å². The Morgan fingerprint density at radius 2 is 1.60 bits per heavy atom. The predicted molar refractivity (Wildman–Crippen MR) is 97.4 cm³/mol. The van der Waals surface area contributed by atoms with E-state index in [1.807, 2.05) is 53.1 Å². The summed E-state index contributed by atoms with van der Waals surface area (Å²) in [5.74, 6) is 0.149. The SMILES string of the molecule is CS(=O)(=O)c1ccc(-c2c(-c3ccccc3)cc3n2CCC3=O)cc1. The molecule has 0 radical (unpaired) electrons. The van der Waals surface area contributed by atoms with Gasteiger partial charge in [0.15, 0.2) is 15.6 Å². The van der Waals surface area contributed by atoms with E-state index in [1.54, 1.807) is 12.1 Å². The van der Waals surface area contributed by atoms with Crippen molar-refractivity contribution in [3.63, 3.8) is 0 Å². The number of hydrogen-bond acceptors (Lipinski definition) is 3. The molecule has 0 bridgehead atoms. The van der Waals surface area contributed by atoms with Crippen LogP contribution in [0.25, 0.3) is 22.4 Å². The molecule has 0 amide bonds. The highest BCUT2D eigenvalue weighted by Crippen LogP contribution is 2.38. The van der Waals surface area contributed by atoms with E-state index in [4.69, 9.17) is 0 Å². The van der Waals surface area contributed by atoms with Crippen molar-refractivity contribution < 1.29 is 13.2 Å². The van der Waals surface area contributed by atoms with Crippen LogP contribution in [-0.4, -0.2) is 25.0 Å². The van der Waals surface area contributed by atoms with Crippen molar-refractivity contribution in [2.75, 3.05) is 6.26 Å². The second kappa shape index (κ2) is 5.70. The van der Waals surface area contributed by atoms with E-state index < -0.39 is 9.84 Å². The van der Waals surface area contributed by atoms with Crippen molar-refractivity contribution in [3.05, 3.63) is 66.4 Å². The van der Waals surface area contributed by atoms with E-state index in [1.165, 1.54) is 6.26 Å². The van der Waals surface area contributed by atoms with Crippen LogP contribution in [0.1, 0.15) is 16.9 Å². The molecule has 2 aromatic carbocycles. The van der Waals surface area contributed by atoms with E-state index >= 15 is 0 Å². The number of carbonyl (C=O) groups excluding carboxylic acids is 1. The Balaban J connectivity index is 1.92. The Morgan fingerprint density at radius 1 is 0.920 bits per heavy atom. The van der Waals surface area contributed by atoms with E-state index in [-0.39, 0.29) is 5.78 Å². The molecule has 4 rings (SSSR count). The van der Waals surface area contributed by atoms with Gasteiger partial charge >= 0.3 is 0 Å². The summed E-state index contributed by atoms with van der Waals surface area (Å²) in [6.07, 6.45) is 1.71. The average molecular weight is 351 g/mol. The van der Waals surface area contributed by atoms with Gasteiger partial charge in [-0.3, -0.25) is 4.79 Å². The molecule has 0 unspecified atom stereocenters. The maximum Gasteiger partial charge on any atom is 0.181 e. The molecule has 126 valence electrons. The number of rotatable bonds is 3. The van der Waals surface area contributed by atoms with Crippen molar-refractivity contribution >= 4 is 15.6 Å². The summed E-state index contributed by atoms with van der Waals surface area (Å²) >= 11 is 0. The summed E-state index contributed by atoms with van der Waals surface area (Å²) in [5.41, 5.74) is 4.63. The van der Waals surface area contributed by atoms with Crippen molar-refractivity contribution in [1.82, 2.24) is 4.57 Å². The zero-order chi connectivity index (χ0) is 17.6. The summed E-state index contributed by atoms with van der Waals surface area (Å²) in [7, 11) is -3.23. The van der Waals surface area contributed by atoms with Gasteiger partial charge in [-0.1, -0.05) is 42.5 Å². The number of sulfone groups is 1. The molecule has 2 heterocycles. The molecule has 0 fully saturated rings. The lowest BCUT2D eigenvalue weighted by Gasteiger charge is -2.11. The Hall–Kier alpha value is -2.66. The highest BCUT2D eigenvalue weighted by molar-refractivity contribution is 7.90. The highest BCUT2D eigenvalue weighted by atomic mass is 32.2. The Bertz CT molecular complexity index is 1060. The second-order valence-electron chi connectivity index (χ2n) is 6.28. The monoisotopic (exact) mass is 351 g/mol. The Kier molecular flexibility index (Phi) is 3.62. The number of ketones is 1. The zero-order valence-electron chi connectivity index (χ0n) is 13.8. The molecule has 0 atom stereocenters. The first-order valence-corrected chi connectivity index (χ1v) is 9.97. The molecular formula is C20H17NO3S. The van der Waals surface area contributed by atoms with E-state index in [2.05, 4.69) is 0 Å². The van der Waals surface area contributed by atoms with E-state index in [9.17, 15) is 13.2 Å². The van der Waals surface area contributed by atoms with Gasteiger partial charge < -0.3 is 4.57 Å². The zero-order valence-corrected chi connectivity index (χ0v) is 14.6. The molecule has 0 aliphatic carbocycles. The van der Waals surface area contributed by atoms with Crippen LogP contribution in [0, 0.1) is 0 Å². The van der Waals surface area contributed by atoms with Crippen LogP contribution in [0.4, 0.5) is 0 Å². The molecule has 0 saturated heterocycles. The molecule has 0 N–H and O–H groups in total. The highest BCUT2D eigenvalue weighted by Gasteiger charge is 2.26. The number of carbonyl (C=O) groups is 1. The number of benzene rings is 2. The van der Waals surface area contributed by atoms with Crippen LogP contribution >= 0.6 is 0 Å². The van der Waals surface area contributed by atoms with Gasteiger partial charge in [0.25, 0.3) is 0 Å². The lowest BCUT2D eigenvalue weighted by atomic mass is 10.0. The lowest BCUT2D eigenvalue weighted by Crippen LogP contribution is -1.99. The first-order chi connectivity index (χ1) is 11.9. The quantitative estimate of drug-likeness (QED) is 0.721. The molecule has 1 aliphatic rings. The third-order valence-corrected chi connectivity index (χ3v) is 5.71. The summed E-state index contributed by atoms with van der Waals surface area (Å²) in [6, 6.07) is 18.7. The van der Waals surface area contributed by atoms with Crippen molar-refractivity contribution in [2.24, 2.45) is 0 Å². The topological polar surface area (TPSA) is 56.1 Å². The van der Waals surface area contributed by atoms with Crippen LogP contribution in [0.2, 0.25) is 0 Å². The molecule has 1 aliphatic heterocycles. The van der Waals surface area contributed by atoms with Gasteiger partial charge in [0.05, 0.1) is 16.3 Å². The standard InChI is InChI=1S/C20H17NO3S/c1-25(23,24)16-9-7-15(8-10-16)20-17(14-5-3-2-4-6-14)13-18-19(22)11-12-21(18)20/h2-10,13H,11-12H2,1H3. The average Bonchev–Trinajstić information content (AvgIpc) is 3.15. The smallest absolute Gasteiger partial charge is 0.181 e. The number of aromatic nitrogens is 1. The molecule has 0 spiro atoms. The van der Waals surface area contributed by atoms with Crippen LogP contribution in [0.15, 0.2) is 65.6 Å². The number of Topliss-reactive ketones (excluding diaryl/α,β-unsaturated/α-hetero) is 1. The summed E-state index contributed by atoms with van der Waals surface area (Å²) in [6.45, 7) is 0.657. The molecule has 25 heavy (non-hydrogen) atoms. The number of nitrogens with zero attached hydrogens (tertiary/aromatic N) is 1. The minimum atomic E-state index is -3.23. The van der Waals surface area contributed by atoms with Gasteiger partial charge in [0.1, 0.15) is 0 Å². The van der Waals surface area contributed by atoms with Crippen molar-refractivity contribution in [2.45, 2.75) is 17.9 Å². The van der Waals surface area contributed by atoms with Crippen LogP contribution in [0.3, 0.4) is 0 Å². The lowest BCUT2D eigenvalue weighted by molar-refractivity contribution is 0.0994. The molecule has 1 aromatic heterocycles. The van der Waals surface area contributed by atoms with Gasteiger partial charge in [-0.2, -0.15) is 0 Å². The van der Waals surface area contributed by atoms with Gasteiger partial charge in [-0.15, -0.1) is 0 Å².